The van der Waals surface area contributed by atoms with Crippen molar-refractivity contribution in [2.45, 2.75) is 25.6 Å². The fraction of sp³-hybridized carbons (Fsp3) is 0.267. The summed E-state index contributed by atoms with van der Waals surface area (Å²) in [4.78, 5) is 27.5. The Morgan fingerprint density at radius 2 is 2.00 bits per heavy atom. The molecule has 2 amide bonds. The highest BCUT2D eigenvalue weighted by Gasteiger charge is 2.25. The lowest BCUT2D eigenvalue weighted by Crippen LogP contribution is -2.51. The van der Waals surface area contributed by atoms with Crippen LogP contribution < -0.4 is 10.8 Å². The summed E-state index contributed by atoms with van der Waals surface area (Å²) in [6.07, 6.45) is 4.07. The Balaban J connectivity index is 2.03. The molecule has 0 aliphatic rings. The molecule has 1 aromatic carbocycles. The summed E-state index contributed by atoms with van der Waals surface area (Å²) < 4.78 is 1.89. The van der Waals surface area contributed by atoms with Gasteiger partial charge in [0.15, 0.2) is 0 Å². The van der Waals surface area contributed by atoms with Gasteiger partial charge in [0.25, 0.3) is 11.8 Å². The molecule has 0 radical (unpaired) electrons. The van der Waals surface area contributed by atoms with Crippen molar-refractivity contribution in [2.75, 3.05) is 0 Å². The number of aliphatic hydroxyl groups excluding tert-OH is 1. The fourth-order valence-electron chi connectivity index (χ4n) is 2.05. The maximum atomic E-state index is 12.1. The molecule has 2 aromatic rings. The third-order valence-electron chi connectivity index (χ3n) is 3.30. The minimum absolute atomic E-state index is 0.343. The molecule has 1 aromatic heterocycles. The van der Waals surface area contributed by atoms with E-state index in [1.807, 2.05) is 10.8 Å². The van der Waals surface area contributed by atoms with Gasteiger partial charge in [0.1, 0.15) is 6.04 Å². The molecule has 23 heavy (non-hydrogen) atoms. The molecule has 0 bridgehead atoms. The average Bonchev–Trinajstić information content (AvgIpc) is 3.05. The van der Waals surface area contributed by atoms with Gasteiger partial charge in [-0.25, -0.2) is 10.5 Å². The van der Waals surface area contributed by atoms with Gasteiger partial charge in [-0.2, -0.15) is 0 Å². The summed E-state index contributed by atoms with van der Waals surface area (Å²) >= 11 is 0. The number of carbonyl (C=O) groups is 2. The third-order valence-corrected chi connectivity index (χ3v) is 3.30. The molecule has 2 rings (SSSR count). The molecule has 0 aliphatic carbocycles. The fourth-order valence-corrected chi connectivity index (χ4v) is 2.05. The van der Waals surface area contributed by atoms with Crippen LogP contribution in [0.5, 0.6) is 0 Å². The van der Waals surface area contributed by atoms with Gasteiger partial charge < -0.3 is 15.0 Å². The molecule has 2 atom stereocenters. The molecule has 0 spiro atoms. The zero-order valence-electron chi connectivity index (χ0n) is 12.5. The Labute approximate surface area is 132 Å². The first-order valence-corrected chi connectivity index (χ1v) is 6.99. The van der Waals surface area contributed by atoms with Crippen molar-refractivity contribution >= 4 is 11.8 Å². The summed E-state index contributed by atoms with van der Waals surface area (Å²) in [5.74, 6) is -1.40. The number of carbonyl (C=O) groups excluding carboxylic acids is 2. The monoisotopic (exact) mass is 318 g/mol. The van der Waals surface area contributed by atoms with Crippen molar-refractivity contribution < 1.29 is 19.9 Å². The van der Waals surface area contributed by atoms with Gasteiger partial charge in [-0.1, -0.05) is 12.1 Å². The molecular weight excluding hydrogens is 300 g/mol. The smallest absolute Gasteiger partial charge is 0.268 e. The summed E-state index contributed by atoms with van der Waals surface area (Å²) in [5.41, 5.74) is 2.74. The van der Waals surface area contributed by atoms with Crippen LogP contribution >= 0.6 is 0 Å². The second-order valence-corrected chi connectivity index (χ2v) is 5.10. The number of nitrogens with one attached hydrogen (secondary N) is 2. The van der Waals surface area contributed by atoms with E-state index in [9.17, 15) is 14.7 Å². The number of hydroxylamine groups is 1. The summed E-state index contributed by atoms with van der Waals surface area (Å²) in [5, 5.41) is 20.5. The van der Waals surface area contributed by atoms with Crippen LogP contribution in [0.1, 0.15) is 22.8 Å². The summed E-state index contributed by atoms with van der Waals surface area (Å²) in [6, 6.07) is 5.59. The molecule has 122 valence electrons. The molecule has 0 aliphatic heterocycles. The van der Waals surface area contributed by atoms with Crippen molar-refractivity contribution in [3.63, 3.8) is 0 Å². The van der Waals surface area contributed by atoms with Crippen LogP contribution in [0.2, 0.25) is 0 Å². The van der Waals surface area contributed by atoms with Crippen LogP contribution in [0, 0.1) is 0 Å². The number of aliphatic hydroxyl groups is 1. The van der Waals surface area contributed by atoms with E-state index in [2.05, 4.69) is 10.3 Å². The topological polar surface area (TPSA) is 116 Å². The second kappa shape index (κ2) is 7.52. The number of hydrogen-bond acceptors (Lipinski definition) is 5. The van der Waals surface area contributed by atoms with Gasteiger partial charge in [-0.3, -0.25) is 14.8 Å². The van der Waals surface area contributed by atoms with Crippen LogP contribution in [0.3, 0.4) is 0 Å². The van der Waals surface area contributed by atoms with Crippen molar-refractivity contribution in [2.24, 2.45) is 0 Å². The number of rotatable bonds is 6. The quantitative estimate of drug-likeness (QED) is 0.439. The van der Waals surface area contributed by atoms with E-state index in [1.54, 1.807) is 36.8 Å². The van der Waals surface area contributed by atoms with Gasteiger partial charge in [-0.15, -0.1) is 0 Å². The van der Waals surface area contributed by atoms with Crippen LogP contribution in [-0.4, -0.2) is 43.8 Å². The lowest BCUT2D eigenvalue weighted by Gasteiger charge is -2.19. The second-order valence-electron chi connectivity index (χ2n) is 5.10. The number of hydrogen-bond donors (Lipinski definition) is 4. The van der Waals surface area contributed by atoms with Gasteiger partial charge in [-0.05, 0) is 24.6 Å². The largest absolute Gasteiger partial charge is 0.391 e. The predicted molar refractivity (Wildman–Crippen MR) is 80.6 cm³/mol. The molecule has 0 saturated carbocycles. The molecule has 8 nitrogen and oxygen atoms in total. The van der Waals surface area contributed by atoms with Crippen LogP contribution in [-0.2, 0) is 11.3 Å². The first-order valence-electron chi connectivity index (χ1n) is 6.99. The Hall–Kier alpha value is -2.71. The maximum absolute atomic E-state index is 12.1. The molecule has 0 saturated heterocycles. The van der Waals surface area contributed by atoms with Gasteiger partial charge in [0.05, 0.1) is 12.4 Å². The number of imidazole rings is 1. The third kappa shape index (κ3) is 4.38. The predicted octanol–water partition coefficient (Wildman–Crippen LogP) is -0.0840. The summed E-state index contributed by atoms with van der Waals surface area (Å²) in [6.45, 7) is 1.97. The minimum atomic E-state index is -1.24. The molecule has 0 fully saturated rings. The standard InChI is InChI=1S/C15H18N4O4/c1-10(20)13(15(22)18-23)17-14(21)12-4-2-11(3-5-12)8-19-7-6-16-9-19/h2-7,9-10,13,20,23H,8H2,1H3,(H,17,21)(H,18,22)/t10-,13+/m1/s1. The zero-order valence-corrected chi connectivity index (χ0v) is 12.5. The number of benzene rings is 1. The van der Waals surface area contributed by atoms with E-state index in [0.717, 1.165) is 5.56 Å². The first-order chi connectivity index (χ1) is 11.0. The van der Waals surface area contributed by atoms with E-state index >= 15 is 0 Å². The van der Waals surface area contributed by atoms with Gasteiger partial charge >= 0.3 is 0 Å². The van der Waals surface area contributed by atoms with E-state index in [-0.39, 0.29) is 0 Å². The molecule has 0 unspecified atom stereocenters. The lowest BCUT2D eigenvalue weighted by atomic mass is 10.1. The SMILES string of the molecule is C[C@@H](O)[C@H](NC(=O)c1ccc(Cn2ccnc2)cc1)C(=O)NO. The van der Waals surface area contributed by atoms with Crippen LogP contribution in [0.4, 0.5) is 0 Å². The van der Waals surface area contributed by atoms with Crippen LogP contribution in [0.15, 0.2) is 43.0 Å². The Morgan fingerprint density at radius 1 is 1.30 bits per heavy atom. The zero-order chi connectivity index (χ0) is 16.8. The number of aromatic nitrogens is 2. The minimum Gasteiger partial charge on any atom is -0.391 e. The Morgan fingerprint density at radius 3 is 2.52 bits per heavy atom. The van der Waals surface area contributed by atoms with Crippen molar-refractivity contribution in [3.05, 3.63) is 54.1 Å². The van der Waals surface area contributed by atoms with Gasteiger partial charge in [0.2, 0.25) is 0 Å². The molecule has 1 heterocycles. The van der Waals surface area contributed by atoms with Crippen molar-refractivity contribution in [1.82, 2.24) is 20.3 Å². The first kappa shape index (κ1) is 16.7. The van der Waals surface area contributed by atoms with E-state index in [0.29, 0.717) is 12.1 Å². The van der Waals surface area contributed by atoms with E-state index < -0.39 is 24.0 Å². The van der Waals surface area contributed by atoms with Crippen LogP contribution in [0.25, 0.3) is 0 Å². The molecule has 4 N–H and O–H groups in total. The summed E-state index contributed by atoms with van der Waals surface area (Å²) in [7, 11) is 0. The van der Waals surface area contributed by atoms with E-state index in [4.69, 9.17) is 5.21 Å². The number of amides is 2. The van der Waals surface area contributed by atoms with Gasteiger partial charge in [0, 0.05) is 24.5 Å². The highest BCUT2D eigenvalue weighted by atomic mass is 16.5. The lowest BCUT2D eigenvalue weighted by molar-refractivity contribution is -0.133. The Bertz CT molecular complexity index is 653. The normalized spacial score (nSPS) is 13.2. The molecular formula is C15H18N4O4. The number of nitrogens with zero attached hydrogens (tertiary/aromatic N) is 2. The van der Waals surface area contributed by atoms with Crippen molar-refractivity contribution in [1.29, 1.82) is 0 Å². The highest BCUT2D eigenvalue weighted by Crippen LogP contribution is 2.07. The molecule has 8 heteroatoms. The van der Waals surface area contributed by atoms with Crippen molar-refractivity contribution in [3.8, 4) is 0 Å². The van der Waals surface area contributed by atoms with E-state index in [1.165, 1.54) is 12.4 Å². The highest BCUT2D eigenvalue weighted by molar-refractivity contribution is 5.97. The maximum Gasteiger partial charge on any atom is 0.268 e. The average molecular weight is 318 g/mol. The Kier molecular flexibility index (Phi) is 5.45.